The highest BCUT2D eigenvalue weighted by molar-refractivity contribution is 5.85. The van der Waals surface area contributed by atoms with Crippen LogP contribution in [-0.2, 0) is 4.74 Å². The van der Waals surface area contributed by atoms with Gasteiger partial charge in [-0.2, -0.15) is 4.79 Å². The van der Waals surface area contributed by atoms with E-state index in [1.54, 1.807) is 20.8 Å². The van der Waals surface area contributed by atoms with E-state index in [0.717, 1.165) is 0 Å². The monoisotopic (exact) mass is 230 g/mol. The van der Waals surface area contributed by atoms with Crippen LogP contribution < -0.4 is 0 Å². The van der Waals surface area contributed by atoms with Crippen molar-refractivity contribution < 1.29 is 19.4 Å². The van der Waals surface area contributed by atoms with Crippen molar-refractivity contribution in [1.82, 2.24) is 0 Å². The van der Waals surface area contributed by atoms with E-state index in [-0.39, 0.29) is 13.1 Å². The summed E-state index contributed by atoms with van der Waals surface area (Å²) in [7, 11) is 0. The van der Waals surface area contributed by atoms with Crippen LogP contribution in [0.2, 0.25) is 0 Å². The largest absolute Gasteiger partial charge is 0.622 e. The molecule has 1 aliphatic rings. The fourth-order valence-corrected chi connectivity index (χ4v) is 1.48. The first kappa shape index (κ1) is 12.9. The van der Waals surface area contributed by atoms with Crippen LogP contribution in [0.25, 0.3) is 0 Å². The van der Waals surface area contributed by atoms with Crippen molar-refractivity contribution in [2.45, 2.75) is 39.2 Å². The molecule has 0 aliphatic carbocycles. The summed E-state index contributed by atoms with van der Waals surface area (Å²) in [5, 5.41) is 23.7. The molecule has 0 unspecified atom stereocenters. The summed E-state index contributed by atoms with van der Waals surface area (Å²) < 4.78 is 4.08. The van der Waals surface area contributed by atoms with E-state index in [4.69, 9.17) is 9.94 Å². The Balaban J connectivity index is 2.63. The van der Waals surface area contributed by atoms with Crippen LogP contribution in [0.1, 0.15) is 33.6 Å². The maximum atomic E-state index is 12.1. The molecule has 1 rings (SSSR count). The van der Waals surface area contributed by atoms with E-state index in [1.807, 2.05) is 0 Å². The molecule has 1 heterocycles. The Labute approximate surface area is 94.7 Å². The second-order valence-corrected chi connectivity index (χ2v) is 4.98. The van der Waals surface area contributed by atoms with Crippen LogP contribution in [0.5, 0.6) is 0 Å². The molecular weight excluding hydrogens is 212 g/mol. The van der Waals surface area contributed by atoms with Crippen LogP contribution in [0.4, 0.5) is 4.79 Å². The number of ether oxygens (including phenoxy) is 1. The second-order valence-electron chi connectivity index (χ2n) is 4.98. The third-order valence-corrected chi connectivity index (χ3v) is 2.39. The van der Waals surface area contributed by atoms with Gasteiger partial charge in [0.05, 0.1) is 18.8 Å². The van der Waals surface area contributed by atoms with Gasteiger partial charge in [-0.05, 0) is 20.8 Å². The van der Waals surface area contributed by atoms with Gasteiger partial charge in [0.15, 0.2) is 0 Å². The average Bonchev–Trinajstić information content (AvgIpc) is 2.16. The van der Waals surface area contributed by atoms with Crippen molar-refractivity contribution in [1.29, 1.82) is 0 Å². The molecule has 16 heavy (non-hydrogen) atoms. The number of rotatable bonds is 0. The Morgan fingerprint density at radius 3 is 2.31 bits per heavy atom. The minimum Gasteiger partial charge on any atom is -0.622 e. The molecule has 0 saturated carbocycles. The topological polar surface area (TPSA) is 82.0 Å². The van der Waals surface area contributed by atoms with Gasteiger partial charge in [0.1, 0.15) is 5.60 Å². The number of amides is 1. The summed E-state index contributed by atoms with van der Waals surface area (Å²) in [5.41, 5.74) is -0.0916. The number of hydroxylamine groups is 3. The first-order chi connectivity index (χ1) is 7.27. The molecule has 6 heteroatoms. The number of carbonyl (C=O) groups excluding carboxylic acids is 1. The minimum atomic E-state index is -0.990. The number of likely N-dealkylation sites (tertiary alicyclic amines) is 1. The van der Waals surface area contributed by atoms with Gasteiger partial charge in [0.25, 0.3) is 0 Å². The number of oxime groups is 1. The number of carbonyl (C=O) groups is 1. The molecule has 92 valence electrons. The third-order valence-electron chi connectivity index (χ3n) is 2.39. The van der Waals surface area contributed by atoms with Gasteiger partial charge in [0, 0.05) is 12.8 Å². The Hall–Kier alpha value is -1.14. The zero-order chi connectivity index (χ0) is 12.4. The molecule has 1 saturated heterocycles. The van der Waals surface area contributed by atoms with Crippen LogP contribution in [-0.4, -0.2) is 40.3 Å². The highest BCUT2D eigenvalue weighted by atomic mass is 16.7. The summed E-state index contributed by atoms with van der Waals surface area (Å²) in [5.74, 6) is 0. The van der Waals surface area contributed by atoms with Crippen molar-refractivity contribution >= 4 is 11.8 Å². The Kier molecular flexibility index (Phi) is 3.54. The molecule has 0 spiro atoms. The van der Waals surface area contributed by atoms with E-state index in [9.17, 15) is 10.0 Å². The zero-order valence-corrected chi connectivity index (χ0v) is 9.89. The van der Waals surface area contributed by atoms with Gasteiger partial charge in [-0.3, -0.25) is 4.65 Å². The lowest BCUT2D eigenvalue weighted by Gasteiger charge is -2.42. The second kappa shape index (κ2) is 4.39. The predicted octanol–water partition coefficient (Wildman–Crippen LogP) is 1.86. The van der Waals surface area contributed by atoms with E-state index < -0.39 is 16.3 Å². The molecule has 1 aliphatic heterocycles. The first-order valence-electron chi connectivity index (χ1n) is 5.28. The summed E-state index contributed by atoms with van der Waals surface area (Å²) in [6, 6.07) is 0. The van der Waals surface area contributed by atoms with Gasteiger partial charge in [-0.1, -0.05) is 5.16 Å². The zero-order valence-electron chi connectivity index (χ0n) is 9.89. The molecule has 1 amide bonds. The minimum absolute atomic E-state index is 0.0777. The quantitative estimate of drug-likeness (QED) is 0.298. The van der Waals surface area contributed by atoms with Crippen molar-refractivity contribution in [3.8, 4) is 0 Å². The SMILES string of the molecule is CC(C)(C)OC(=O)[N+]1([O-])CCC(=NO)CC1. The Morgan fingerprint density at radius 1 is 1.44 bits per heavy atom. The third kappa shape index (κ3) is 3.18. The highest BCUT2D eigenvalue weighted by Gasteiger charge is 2.36. The number of hydrogen-bond donors (Lipinski definition) is 1. The van der Waals surface area contributed by atoms with Gasteiger partial charge in [-0.15, -0.1) is 0 Å². The fraction of sp³-hybridized carbons (Fsp3) is 0.800. The van der Waals surface area contributed by atoms with Crippen molar-refractivity contribution in [2.24, 2.45) is 5.16 Å². The van der Waals surface area contributed by atoms with Crippen molar-refractivity contribution in [3.63, 3.8) is 0 Å². The highest BCUT2D eigenvalue weighted by Crippen LogP contribution is 2.20. The number of quaternary nitrogens is 1. The molecule has 0 aromatic rings. The molecule has 1 fully saturated rings. The molecule has 0 radical (unpaired) electrons. The lowest BCUT2D eigenvalue weighted by Crippen LogP contribution is -2.54. The Bertz CT molecular complexity index is 296. The van der Waals surface area contributed by atoms with E-state index in [1.165, 1.54) is 0 Å². The molecular formula is C10H18N2O4. The van der Waals surface area contributed by atoms with Gasteiger partial charge in [-0.25, -0.2) is 0 Å². The van der Waals surface area contributed by atoms with Gasteiger partial charge < -0.3 is 15.2 Å². The molecule has 1 N–H and O–H groups in total. The maximum Gasteiger partial charge on any atom is 0.516 e. The lowest BCUT2D eigenvalue weighted by atomic mass is 10.1. The number of hydrogen-bond acceptors (Lipinski definition) is 5. The van der Waals surface area contributed by atoms with E-state index >= 15 is 0 Å². The summed E-state index contributed by atoms with van der Waals surface area (Å²) in [6.07, 6.45) is -0.0946. The molecule has 0 aromatic carbocycles. The number of nitrogens with zero attached hydrogens (tertiary/aromatic N) is 2. The molecule has 0 bridgehead atoms. The normalized spacial score (nSPS) is 26.4. The van der Waals surface area contributed by atoms with Crippen LogP contribution in [0.15, 0.2) is 5.16 Å². The van der Waals surface area contributed by atoms with Gasteiger partial charge in [0.2, 0.25) is 0 Å². The predicted molar refractivity (Wildman–Crippen MR) is 58.1 cm³/mol. The van der Waals surface area contributed by atoms with Crippen LogP contribution >= 0.6 is 0 Å². The fourth-order valence-electron chi connectivity index (χ4n) is 1.48. The van der Waals surface area contributed by atoms with Crippen LogP contribution in [0, 0.1) is 5.21 Å². The first-order valence-corrected chi connectivity index (χ1v) is 5.28. The number of piperidine rings is 1. The lowest BCUT2D eigenvalue weighted by molar-refractivity contribution is -0.809. The van der Waals surface area contributed by atoms with Crippen molar-refractivity contribution in [2.75, 3.05) is 13.1 Å². The summed E-state index contributed by atoms with van der Waals surface area (Å²) >= 11 is 0. The van der Waals surface area contributed by atoms with E-state index in [2.05, 4.69) is 5.16 Å². The summed E-state index contributed by atoms with van der Waals surface area (Å²) in [4.78, 5) is 11.7. The maximum absolute atomic E-state index is 12.1. The molecule has 0 aromatic heterocycles. The van der Waals surface area contributed by atoms with Crippen LogP contribution in [0.3, 0.4) is 0 Å². The summed E-state index contributed by atoms with van der Waals surface area (Å²) in [6.45, 7) is 5.33. The van der Waals surface area contributed by atoms with E-state index in [0.29, 0.717) is 18.6 Å². The average molecular weight is 230 g/mol. The molecule has 0 atom stereocenters. The van der Waals surface area contributed by atoms with Crippen molar-refractivity contribution in [3.05, 3.63) is 5.21 Å². The smallest absolute Gasteiger partial charge is 0.516 e. The van der Waals surface area contributed by atoms with Gasteiger partial charge >= 0.3 is 6.09 Å². The Morgan fingerprint density at radius 2 is 1.94 bits per heavy atom. The molecule has 6 nitrogen and oxygen atoms in total. The standard InChI is InChI=1S/C10H18N2O4/c1-10(2,3)16-9(13)12(15)6-4-8(11-14)5-7-12/h14H,4-7H2,1-3H3.